The predicted octanol–water partition coefficient (Wildman–Crippen LogP) is 2.82. The van der Waals surface area contributed by atoms with Crippen molar-refractivity contribution in [1.29, 1.82) is 0 Å². The Morgan fingerprint density at radius 2 is 2.15 bits per heavy atom. The molecular formula is C15H13N3O2. The number of fused-ring (bicyclic) bond motifs is 1. The van der Waals surface area contributed by atoms with Gasteiger partial charge in [-0.25, -0.2) is 0 Å². The number of benzene rings is 2. The van der Waals surface area contributed by atoms with Crippen molar-refractivity contribution < 1.29 is 9.53 Å². The van der Waals surface area contributed by atoms with Gasteiger partial charge in [0, 0.05) is 22.7 Å². The molecule has 0 bridgehead atoms. The molecule has 3 rings (SSSR count). The number of rotatable bonds is 3. The summed E-state index contributed by atoms with van der Waals surface area (Å²) >= 11 is 0. The average Bonchev–Trinajstić information content (AvgIpc) is 2.94. The molecule has 3 aromatic rings. The lowest BCUT2D eigenvalue weighted by Gasteiger charge is -2.07. The molecule has 5 heteroatoms. The van der Waals surface area contributed by atoms with Crippen molar-refractivity contribution >= 4 is 22.5 Å². The van der Waals surface area contributed by atoms with Crippen molar-refractivity contribution in [2.45, 2.75) is 0 Å². The molecule has 0 aliphatic heterocycles. The van der Waals surface area contributed by atoms with Crippen molar-refractivity contribution in [1.82, 2.24) is 10.2 Å². The van der Waals surface area contributed by atoms with Crippen LogP contribution in [-0.2, 0) is 0 Å². The van der Waals surface area contributed by atoms with Gasteiger partial charge in [0.05, 0.1) is 18.8 Å². The third-order valence-corrected chi connectivity index (χ3v) is 3.03. The van der Waals surface area contributed by atoms with Crippen LogP contribution in [0.5, 0.6) is 5.75 Å². The van der Waals surface area contributed by atoms with Crippen LogP contribution in [0.1, 0.15) is 10.4 Å². The number of methoxy groups -OCH3 is 1. The van der Waals surface area contributed by atoms with Gasteiger partial charge in [-0.05, 0) is 30.3 Å². The molecule has 1 aromatic heterocycles. The van der Waals surface area contributed by atoms with Crippen LogP contribution in [0.3, 0.4) is 0 Å². The minimum atomic E-state index is -0.165. The van der Waals surface area contributed by atoms with Crippen LogP contribution in [0, 0.1) is 0 Å². The van der Waals surface area contributed by atoms with Crippen molar-refractivity contribution in [3.63, 3.8) is 0 Å². The van der Waals surface area contributed by atoms with Gasteiger partial charge in [0.1, 0.15) is 5.75 Å². The number of nitrogens with zero attached hydrogens (tertiary/aromatic N) is 1. The molecule has 0 spiro atoms. The fourth-order valence-electron chi connectivity index (χ4n) is 1.99. The molecule has 1 amide bonds. The quantitative estimate of drug-likeness (QED) is 0.766. The Labute approximate surface area is 115 Å². The summed E-state index contributed by atoms with van der Waals surface area (Å²) in [6, 6.07) is 12.6. The number of H-pyrrole nitrogens is 1. The van der Waals surface area contributed by atoms with E-state index in [1.165, 1.54) is 0 Å². The van der Waals surface area contributed by atoms with Crippen molar-refractivity contribution in [3.05, 3.63) is 54.2 Å². The predicted molar refractivity (Wildman–Crippen MR) is 77.0 cm³/mol. The second kappa shape index (κ2) is 5.05. The van der Waals surface area contributed by atoms with Gasteiger partial charge in [-0.15, -0.1) is 0 Å². The molecule has 20 heavy (non-hydrogen) atoms. The number of carbonyl (C=O) groups is 1. The van der Waals surface area contributed by atoms with Crippen LogP contribution >= 0.6 is 0 Å². The molecule has 0 radical (unpaired) electrons. The number of aromatic amines is 1. The summed E-state index contributed by atoms with van der Waals surface area (Å²) in [4.78, 5) is 12.2. The zero-order valence-corrected chi connectivity index (χ0v) is 10.9. The highest BCUT2D eigenvalue weighted by Crippen LogP contribution is 2.18. The lowest BCUT2D eigenvalue weighted by Crippen LogP contribution is -2.11. The number of nitrogens with one attached hydrogen (secondary N) is 2. The van der Waals surface area contributed by atoms with E-state index in [2.05, 4.69) is 15.5 Å². The van der Waals surface area contributed by atoms with E-state index < -0.39 is 0 Å². The second-order valence-corrected chi connectivity index (χ2v) is 4.36. The summed E-state index contributed by atoms with van der Waals surface area (Å²) in [6.45, 7) is 0. The molecule has 100 valence electrons. The molecule has 0 atom stereocenters. The number of aromatic nitrogens is 2. The maximum atomic E-state index is 12.2. The van der Waals surface area contributed by atoms with Crippen LogP contribution in [0.25, 0.3) is 10.9 Å². The first-order valence-electron chi connectivity index (χ1n) is 6.15. The van der Waals surface area contributed by atoms with Crippen LogP contribution in [-0.4, -0.2) is 23.2 Å². The van der Waals surface area contributed by atoms with E-state index >= 15 is 0 Å². The van der Waals surface area contributed by atoms with Crippen molar-refractivity contribution in [3.8, 4) is 5.75 Å². The fourth-order valence-corrected chi connectivity index (χ4v) is 1.99. The molecule has 0 fully saturated rings. The molecule has 2 aromatic carbocycles. The summed E-state index contributed by atoms with van der Waals surface area (Å²) in [7, 11) is 1.59. The molecule has 2 N–H and O–H groups in total. The molecule has 0 aliphatic rings. The van der Waals surface area contributed by atoms with E-state index in [0.29, 0.717) is 17.0 Å². The maximum Gasteiger partial charge on any atom is 0.255 e. The molecule has 0 saturated carbocycles. The van der Waals surface area contributed by atoms with Crippen LogP contribution < -0.4 is 10.1 Å². The Bertz CT molecular complexity index is 764. The largest absolute Gasteiger partial charge is 0.497 e. The number of carbonyl (C=O) groups excluding carboxylic acids is 1. The van der Waals surface area contributed by atoms with Crippen LogP contribution in [0.4, 0.5) is 5.69 Å². The number of ether oxygens (including phenoxy) is 1. The molecule has 5 nitrogen and oxygen atoms in total. The van der Waals surface area contributed by atoms with E-state index in [0.717, 1.165) is 10.9 Å². The molecule has 1 heterocycles. The lowest BCUT2D eigenvalue weighted by molar-refractivity contribution is 0.102. The van der Waals surface area contributed by atoms with Gasteiger partial charge < -0.3 is 10.1 Å². The van der Waals surface area contributed by atoms with Gasteiger partial charge in [0.15, 0.2) is 0 Å². The van der Waals surface area contributed by atoms with E-state index in [9.17, 15) is 4.79 Å². The molecule has 0 saturated heterocycles. The van der Waals surface area contributed by atoms with E-state index in [1.54, 1.807) is 31.5 Å². The van der Waals surface area contributed by atoms with Gasteiger partial charge in [-0.1, -0.05) is 6.07 Å². The molecule has 0 unspecified atom stereocenters. The number of hydrogen-bond donors (Lipinski definition) is 2. The van der Waals surface area contributed by atoms with Gasteiger partial charge in [-0.3, -0.25) is 9.89 Å². The van der Waals surface area contributed by atoms with Gasteiger partial charge >= 0.3 is 0 Å². The Balaban J connectivity index is 1.84. The summed E-state index contributed by atoms with van der Waals surface area (Å²) < 4.78 is 5.13. The highest BCUT2D eigenvalue weighted by Gasteiger charge is 2.08. The van der Waals surface area contributed by atoms with Crippen LogP contribution in [0.2, 0.25) is 0 Å². The number of anilines is 1. The third-order valence-electron chi connectivity index (χ3n) is 3.03. The Kier molecular flexibility index (Phi) is 3.09. The fraction of sp³-hybridized carbons (Fsp3) is 0.0667. The van der Waals surface area contributed by atoms with Gasteiger partial charge in [0.25, 0.3) is 5.91 Å². The zero-order valence-electron chi connectivity index (χ0n) is 10.9. The number of amides is 1. The zero-order chi connectivity index (χ0) is 13.9. The monoisotopic (exact) mass is 267 g/mol. The SMILES string of the molecule is COc1cccc(NC(=O)c2ccc3[nH]ncc3c2)c1. The van der Waals surface area contributed by atoms with Crippen LogP contribution in [0.15, 0.2) is 48.7 Å². The Morgan fingerprint density at radius 3 is 3.00 bits per heavy atom. The summed E-state index contributed by atoms with van der Waals surface area (Å²) in [5.41, 5.74) is 2.19. The summed E-state index contributed by atoms with van der Waals surface area (Å²) in [5, 5.41) is 10.5. The normalized spacial score (nSPS) is 10.4. The maximum absolute atomic E-state index is 12.2. The van der Waals surface area contributed by atoms with Gasteiger partial charge in [0.2, 0.25) is 0 Å². The highest BCUT2D eigenvalue weighted by molar-refractivity contribution is 6.06. The Morgan fingerprint density at radius 1 is 1.25 bits per heavy atom. The average molecular weight is 267 g/mol. The van der Waals surface area contributed by atoms with E-state index in [-0.39, 0.29) is 5.91 Å². The second-order valence-electron chi connectivity index (χ2n) is 4.36. The minimum absolute atomic E-state index is 0.165. The van der Waals surface area contributed by atoms with Crippen molar-refractivity contribution in [2.75, 3.05) is 12.4 Å². The highest BCUT2D eigenvalue weighted by atomic mass is 16.5. The first-order chi connectivity index (χ1) is 9.76. The molecular weight excluding hydrogens is 254 g/mol. The minimum Gasteiger partial charge on any atom is -0.497 e. The number of hydrogen-bond acceptors (Lipinski definition) is 3. The lowest BCUT2D eigenvalue weighted by atomic mass is 10.1. The molecule has 0 aliphatic carbocycles. The van der Waals surface area contributed by atoms with Crippen molar-refractivity contribution in [2.24, 2.45) is 0 Å². The Hall–Kier alpha value is -2.82. The first kappa shape index (κ1) is 12.2. The third kappa shape index (κ3) is 2.33. The standard InChI is InChI=1S/C15H13N3O2/c1-20-13-4-2-3-12(8-13)17-15(19)10-5-6-14-11(7-10)9-16-18-14/h2-9H,1H3,(H,16,18)(H,17,19). The smallest absolute Gasteiger partial charge is 0.255 e. The van der Waals surface area contributed by atoms with Gasteiger partial charge in [-0.2, -0.15) is 5.10 Å². The summed E-state index contributed by atoms with van der Waals surface area (Å²) in [6.07, 6.45) is 1.69. The van der Waals surface area contributed by atoms with E-state index in [1.807, 2.05) is 24.3 Å². The topological polar surface area (TPSA) is 67.0 Å². The summed E-state index contributed by atoms with van der Waals surface area (Å²) in [5.74, 6) is 0.537. The van der Waals surface area contributed by atoms with E-state index in [4.69, 9.17) is 4.74 Å². The first-order valence-corrected chi connectivity index (χ1v) is 6.15.